The van der Waals surface area contributed by atoms with Crippen molar-refractivity contribution < 1.29 is 4.74 Å². The highest BCUT2D eigenvalue weighted by molar-refractivity contribution is 5.79. The van der Waals surface area contributed by atoms with Crippen LogP contribution in [0.2, 0.25) is 0 Å². The molecule has 1 heterocycles. The molecule has 3 rings (SSSR count). The monoisotopic (exact) mass is 267 g/mol. The van der Waals surface area contributed by atoms with Crippen LogP contribution in [-0.2, 0) is 0 Å². The Morgan fingerprint density at radius 3 is 2.60 bits per heavy atom. The van der Waals surface area contributed by atoms with Crippen molar-refractivity contribution in [3.63, 3.8) is 0 Å². The van der Waals surface area contributed by atoms with Crippen LogP contribution in [0.1, 0.15) is 0 Å². The van der Waals surface area contributed by atoms with Gasteiger partial charge in [-0.2, -0.15) is 0 Å². The van der Waals surface area contributed by atoms with Gasteiger partial charge in [0.15, 0.2) is 0 Å². The fraction of sp³-hybridized carbons (Fsp3) is 0.0667. The summed E-state index contributed by atoms with van der Waals surface area (Å²) in [7, 11) is 1.58. The topological polar surface area (TPSA) is 70.1 Å². The van der Waals surface area contributed by atoms with Gasteiger partial charge in [-0.15, -0.1) is 0 Å². The number of benzene rings is 2. The van der Waals surface area contributed by atoms with E-state index in [-0.39, 0.29) is 5.56 Å². The van der Waals surface area contributed by atoms with Crippen LogP contribution >= 0.6 is 0 Å². The highest BCUT2D eigenvalue weighted by atomic mass is 16.5. The summed E-state index contributed by atoms with van der Waals surface area (Å²) in [4.78, 5) is 16.8. The first kappa shape index (κ1) is 12.2. The van der Waals surface area contributed by atoms with Gasteiger partial charge in [0.1, 0.15) is 12.1 Å². The number of ether oxygens (including phenoxy) is 1. The van der Waals surface area contributed by atoms with Crippen LogP contribution in [0, 0.1) is 0 Å². The van der Waals surface area contributed by atoms with Gasteiger partial charge < -0.3 is 10.5 Å². The molecular formula is C15H13N3O2. The molecule has 100 valence electrons. The second-order valence-electron chi connectivity index (χ2n) is 4.39. The number of nitrogens with two attached hydrogens (primary N) is 1. The maximum atomic E-state index is 12.5. The van der Waals surface area contributed by atoms with E-state index >= 15 is 0 Å². The molecular weight excluding hydrogens is 254 g/mol. The molecule has 5 heteroatoms. The number of rotatable bonds is 2. The summed E-state index contributed by atoms with van der Waals surface area (Å²) in [5.41, 5.74) is 7.52. The number of nitrogen functional groups attached to an aromatic ring is 1. The van der Waals surface area contributed by atoms with Crippen molar-refractivity contribution >= 4 is 16.6 Å². The Hall–Kier alpha value is -2.82. The average molecular weight is 267 g/mol. The molecule has 1 aromatic heterocycles. The van der Waals surface area contributed by atoms with Crippen molar-refractivity contribution in [2.75, 3.05) is 12.8 Å². The van der Waals surface area contributed by atoms with Crippen molar-refractivity contribution in [2.24, 2.45) is 0 Å². The molecule has 0 amide bonds. The number of fused-ring (bicyclic) bond motifs is 1. The van der Waals surface area contributed by atoms with Crippen LogP contribution in [0.3, 0.4) is 0 Å². The molecule has 0 aliphatic heterocycles. The Kier molecular flexibility index (Phi) is 2.87. The number of hydrogen-bond acceptors (Lipinski definition) is 4. The normalized spacial score (nSPS) is 10.7. The van der Waals surface area contributed by atoms with Crippen LogP contribution in [0.15, 0.2) is 53.6 Å². The number of anilines is 1. The van der Waals surface area contributed by atoms with Gasteiger partial charge in [0.2, 0.25) is 0 Å². The standard InChI is InChI=1S/C15H13N3O2/c1-20-12-6-7-13-14(8-12)17-9-18(15(13)19)11-4-2-10(16)3-5-11/h2-9H,16H2,1H3. The van der Waals surface area contributed by atoms with Gasteiger partial charge in [-0.1, -0.05) is 0 Å². The minimum absolute atomic E-state index is 0.123. The zero-order chi connectivity index (χ0) is 14.1. The van der Waals surface area contributed by atoms with E-state index in [1.165, 1.54) is 10.9 Å². The Balaban J connectivity index is 2.21. The van der Waals surface area contributed by atoms with E-state index in [0.29, 0.717) is 22.3 Å². The van der Waals surface area contributed by atoms with Crippen molar-refractivity contribution in [1.29, 1.82) is 0 Å². The van der Waals surface area contributed by atoms with Gasteiger partial charge in [0.25, 0.3) is 5.56 Å². The second-order valence-corrected chi connectivity index (χ2v) is 4.39. The largest absolute Gasteiger partial charge is 0.497 e. The second kappa shape index (κ2) is 4.70. The fourth-order valence-corrected chi connectivity index (χ4v) is 2.05. The first-order valence-electron chi connectivity index (χ1n) is 6.10. The lowest BCUT2D eigenvalue weighted by Gasteiger charge is -2.07. The summed E-state index contributed by atoms with van der Waals surface area (Å²) in [6.07, 6.45) is 1.51. The molecule has 0 aliphatic rings. The molecule has 20 heavy (non-hydrogen) atoms. The van der Waals surface area contributed by atoms with Gasteiger partial charge in [-0.05, 0) is 36.4 Å². The van der Waals surface area contributed by atoms with Crippen molar-refractivity contribution in [3.05, 3.63) is 59.1 Å². The van der Waals surface area contributed by atoms with E-state index in [4.69, 9.17) is 10.5 Å². The van der Waals surface area contributed by atoms with Gasteiger partial charge in [-0.25, -0.2) is 4.98 Å². The van der Waals surface area contributed by atoms with Crippen LogP contribution in [0.5, 0.6) is 5.75 Å². The third-order valence-electron chi connectivity index (χ3n) is 3.14. The molecule has 0 saturated heterocycles. The van der Waals surface area contributed by atoms with E-state index in [2.05, 4.69) is 4.98 Å². The lowest BCUT2D eigenvalue weighted by molar-refractivity contribution is 0.415. The first-order chi connectivity index (χ1) is 9.69. The zero-order valence-corrected chi connectivity index (χ0v) is 10.9. The summed E-state index contributed by atoms with van der Waals surface area (Å²) in [6, 6.07) is 12.3. The van der Waals surface area contributed by atoms with E-state index < -0.39 is 0 Å². The minimum atomic E-state index is -0.123. The minimum Gasteiger partial charge on any atom is -0.497 e. The van der Waals surface area contributed by atoms with E-state index in [0.717, 1.165) is 5.69 Å². The molecule has 2 aromatic carbocycles. The number of nitrogens with zero attached hydrogens (tertiary/aromatic N) is 2. The summed E-state index contributed by atoms with van der Waals surface area (Å²) < 4.78 is 6.62. The van der Waals surface area contributed by atoms with E-state index in [1.54, 1.807) is 49.6 Å². The zero-order valence-electron chi connectivity index (χ0n) is 10.9. The molecule has 3 aromatic rings. The third kappa shape index (κ3) is 1.99. The quantitative estimate of drug-likeness (QED) is 0.721. The molecule has 0 bridgehead atoms. The van der Waals surface area contributed by atoms with Crippen molar-refractivity contribution in [3.8, 4) is 11.4 Å². The summed E-state index contributed by atoms with van der Waals surface area (Å²) in [5.74, 6) is 0.676. The molecule has 2 N–H and O–H groups in total. The lowest BCUT2D eigenvalue weighted by Crippen LogP contribution is -2.18. The SMILES string of the molecule is COc1ccc2c(=O)n(-c3ccc(N)cc3)cnc2c1. The predicted octanol–water partition coefficient (Wildman–Crippen LogP) is 1.98. The Morgan fingerprint density at radius 2 is 1.90 bits per heavy atom. The van der Waals surface area contributed by atoms with E-state index in [1.807, 2.05) is 0 Å². The van der Waals surface area contributed by atoms with Crippen LogP contribution in [0.4, 0.5) is 5.69 Å². The molecule has 0 spiro atoms. The Bertz CT molecular complexity index is 823. The lowest BCUT2D eigenvalue weighted by atomic mass is 10.2. The van der Waals surface area contributed by atoms with Gasteiger partial charge in [-0.3, -0.25) is 9.36 Å². The highest BCUT2D eigenvalue weighted by Gasteiger charge is 2.06. The van der Waals surface area contributed by atoms with Gasteiger partial charge in [0.05, 0.1) is 23.7 Å². The Labute approximate surface area is 115 Å². The van der Waals surface area contributed by atoms with Crippen molar-refractivity contribution in [1.82, 2.24) is 9.55 Å². The molecule has 5 nitrogen and oxygen atoms in total. The van der Waals surface area contributed by atoms with Crippen molar-refractivity contribution in [2.45, 2.75) is 0 Å². The van der Waals surface area contributed by atoms with Gasteiger partial charge >= 0.3 is 0 Å². The molecule has 0 atom stereocenters. The average Bonchev–Trinajstić information content (AvgIpc) is 2.48. The Morgan fingerprint density at radius 1 is 1.15 bits per heavy atom. The predicted molar refractivity (Wildman–Crippen MR) is 78.3 cm³/mol. The van der Waals surface area contributed by atoms with Crippen LogP contribution in [0.25, 0.3) is 16.6 Å². The number of hydrogen-bond donors (Lipinski definition) is 1. The molecule has 0 radical (unpaired) electrons. The van der Waals surface area contributed by atoms with Crippen LogP contribution in [-0.4, -0.2) is 16.7 Å². The molecule has 0 aliphatic carbocycles. The smallest absolute Gasteiger partial charge is 0.265 e. The van der Waals surface area contributed by atoms with Crippen LogP contribution < -0.4 is 16.0 Å². The number of aromatic nitrogens is 2. The third-order valence-corrected chi connectivity index (χ3v) is 3.14. The van der Waals surface area contributed by atoms with E-state index in [9.17, 15) is 4.79 Å². The fourth-order valence-electron chi connectivity index (χ4n) is 2.05. The molecule has 0 unspecified atom stereocenters. The highest BCUT2D eigenvalue weighted by Crippen LogP contribution is 2.17. The summed E-state index contributed by atoms with van der Waals surface area (Å²) in [6.45, 7) is 0. The number of methoxy groups -OCH3 is 1. The maximum absolute atomic E-state index is 12.5. The maximum Gasteiger partial charge on any atom is 0.265 e. The van der Waals surface area contributed by atoms with Gasteiger partial charge in [0, 0.05) is 11.8 Å². The summed E-state index contributed by atoms with van der Waals surface area (Å²) >= 11 is 0. The molecule has 0 fully saturated rings. The first-order valence-corrected chi connectivity index (χ1v) is 6.10. The summed E-state index contributed by atoms with van der Waals surface area (Å²) in [5, 5.41) is 0.546. The molecule has 0 saturated carbocycles.